The van der Waals surface area contributed by atoms with Crippen LogP contribution in [-0.2, 0) is 6.54 Å². The molecule has 134 valence electrons. The highest BCUT2D eigenvalue weighted by atomic mass is 16.3. The molecule has 0 unspecified atom stereocenters. The molecule has 0 aliphatic carbocycles. The molecule has 3 rings (SSSR count). The van der Waals surface area contributed by atoms with Gasteiger partial charge in [0.15, 0.2) is 0 Å². The maximum Gasteiger partial charge on any atom is 0.0959 e. The zero-order chi connectivity index (χ0) is 18.0. The van der Waals surface area contributed by atoms with Crippen molar-refractivity contribution in [2.75, 3.05) is 6.54 Å². The Morgan fingerprint density at radius 1 is 1.20 bits per heavy atom. The van der Waals surface area contributed by atoms with Crippen LogP contribution in [0.25, 0.3) is 11.0 Å². The Balaban J connectivity index is 1.59. The maximum absolute atomic E-state index is 10.4. The van der Waals surface area contributed by atoms with Gasteiger partial charge in [-0.2, -0.15) is 5.10 Å². The lowest BCUT2D eigenvalue weighted by atomic mass is 10.1. The molecular weight excluding hydrogens is 314 g/mol. The lowest BCUT2D eigenvalue weighted by Gasteiger charge is -2.23. The molecule has 25 heavy (non-hydrogen) atoms. The highest BCUT2D eigenvalue weighted by molar-refractivity contribution is 5.77. The van der Waals surface area contributed by atoms with Crippen molar-refractivity contribution in [3.8, 4) is 0 Å². The average molecular weight is 341 g/mol. The Morgan fingerprint density at radius 3 is 2.68 bits per heavy atom. The Hall–Kier alpha value is -2.18. The van der Waals surface area contributed by atoms with E-state index in [1.165, 1.54) is 11.1 Å². The van der Waals surface area contributed by atoms with Crippen LogP contribution in [-0.4, -0.2) is 43.1 Å². The number of imidazole rings is 1. The monoisotopic (exact) mass is 341 g/mol. The van der Waals surface area contributed by atoms with E-state index in [9.17, 15) is 5.11 Å². The topological polar surface area (TPSA) is 67.9 Å². The summed E-state index contributed by atoms with van der Waals surface area (Å²) in [4.78, 5) is 4.45. The number of hydrogen-bond donors (Lipinski definition) is 2. The summed E-state index contributed by atoms with van der Waals surface area (Å²) in [6.45, 7) is 9.46. The summed E-state index contributed by atoms with van der Waals surface area (Å²) in [6.07, 6.45) is 5.07. The minimum atomic E-state index is -0.480. The van der Waals surface area contributed by atoms with E-state index in [1.807, 2.05) is 27.8 Å². The standard InChI is InChI=1S/C19H27N5O/c1-13-8-18-19(9-14(13)2)23(12-21-18)11-17(25)10-20-15(3)16(4)24-7-5-6-22-24/h5-9,12,15-17,20,25H,10-11H2,1-4H3/t15-,16+,17+/m0/s1. The Kier molecular flexibility index (Phi) is 5.20. The van der Waals surface area contributed by atoms with Gasteiger partial charge in [0.2, 0.25) is 0 Å². The number of fused-ring (bicyclic) bond motifs is 1. The second kappa shape index (κ2) is 7.37. The molecule has 2 N–H and O–H groups in total. The smallest absolute Gasteiger partial charge is 0.0959 e. The molecular formula is C19H27N5O. The van der Waals surface area contributed by atoms with Gasteiger partial charge >= 0.3 is 0 Å². The largest absolute Gasteiger partial charge is 0.390 e. The van der Waals surface area contributed by atoms with Crippen LogP contribution in [0.4, 0.5) is 0 Å². The van der Waals surface area contributed by atoms with Crippen LogP contribution in [0.2, 0.25) is 0 Å². The number of aryl methyl sites for hydroxylation is 2. The molecule has 3 aromatic rings. The Morgan fingerprint density at radius 2 is 1.96 bits per heavy atom. The number of aliphatic hydroxyl groups excluding tert-OH is 1. The van der Waals surface area contributed by atoms with E-state index >= 15 is 0 Å². The number of aromatic nitrogens is 4. The minimum Gasteiger partial charge on any atom is -0.390 e. The lowest BCUT2D eigenvalue weighted by Crippen LogP contribution is -2.39. The number of aliphatic hydroxyl groups is 1. The van der Waals surface area contributed by atoms with Crippen molar-refractivity contribution in [1.29, 1.82) is 0 Å². The maximum atomic E-state index is 10.4. The fourth-order valence-corrected chi connectivity index (χ4v) is 2.99. The van der Waals surface area contributed by atoms with Crippen molar-refractivity contribution in [2.24, 2.45) is 0 Å². The van der Waals surface area contributed by atoms with E-state index in [0.717, 1.165) is 11.0 Å². The van der Waals surface area contributed by atoms with Gasteiger partial charge in [-0.05, 0) is 57.0 Å². The third-order valence-corrected chi connectivity index (χ3v) is 4.99. The normalized spacial score (nSPS) is 15.4. The van der Waals surface area contributed by atoms with E-state index in [1.54, 1.807) is 6.20 Å². The number of rotatable bonds is 7. The molecule has 0 fully saturated rings. The summed E-state index contributed by atoms with van der Waals surface area (Å²) < 4.78 is 3.95. The molecule has 0 aliphatic rings. The molecule has 0 bridgehead atoms. The van der Waals surface area contributed by atoms with Crippen LogP contribution in [0.15, 0.2) is 36.9 Å². The van der Waals surface area contributed by atoms with E-state index < -0.39 is 6.10 Å². The van der Waals surface area contributed by atoms with Crippen molar-refractivity contribution in [3.05, 3.63) is 48.0 Å². The summed E-state index contributed by atoms with van der Waals surface area (Å²) >= 11 is 0. The molecule has 2 heterocycles. The molecule has 0 radical (unpaired) electrons. The van der Waals surface area contributed by atoms with Gasteiger partial charge < -0.3 is 15.0 Å². The minimum absolute atomic E-state index is 0.207. The SMILES string of the molecule is Cc1cc2ncn(C[C@H](O)CN[C@@H](C)[C@@H](C)n3cccn3)c2cc1C. The van der Waals surface area contributed by atoms with Crippen LogP contribution in [0.5, 0.6) is 0 Å². The molecule has 0 aliphatic heterocycles. The first-order valence-electron chi connectivity index (χ1n) is 8.78. The first-order chi connectivity index (χ1) is 12.0. The molecule has 0 amide bonds. The van der Waals surface area contributed by atoms with Gasteiger partial charge in [0.25, 0.3) is 0 Å². The molecule has 0 spiro atoms. The van der Waals surface area contributed by atoms with Crippen LogP contribution < -0.4 is 5.32 Å². The number of hydrogen-bond acceptors (Lipinski definition) is 4. The van der Waals surface area contributed by atoms with Crippen molar-refractivity contribution in [2.45, 2.75) is 52.4 Å². The van der Waals surface area contributed by atoms with Crippen molar-refractivity contribution >= 4 is 11.0 Å². The van der Waals surface area contributed by atoms with Gasteiger partial charge in [-0.25, -0.2) is 4.98 Å². The summed E-state index contributed by atoms with van der Waals surface area (Å²) in [5.74, 6) is 0. The first-order valence-corrected chi connectivity index (χ1v) is 8.78. The van der Waals surface area contributed by atoms with E-state index in [0.29, 0.717) is 13.1 Å². The van der Waals surface area contributed by atoms with Crippen molar-refractivity contribution in [3.63, 3.8) is 0 Å². The molecule has 6 nitrogen and oxygen atoms in total. The molecule has 3 atom stereocenters. The zero-order valence-corrected chi connectivity index (χ0v) is 15.3. The van der Waals surface area contributed by atoms with Crippen LogP contribution in [0, 0.1) is 13.8 Å². The fraction of sp³-hybridized carbons (Fsp3) is 0.474. The fourth-order valence-electron chi connectivity index (χ4n) is 2.99. The van der Waals surface area contributed by atoms with Crippen molar-refractivity contribution < 1.29 is 5.11 Å². The van der Waals surface area contributed by atoms with Crippen molar-refractivity contribution in [1.82, 2.24) is 24.6 Å². The van der Waals surface area contributed by atoms with Gasteiger partial charge in [0.05, 0.1) is 36.1 Å². The number of nitrogens with one attached hydrogen (secondary N) is 1. The summed E-state index contributed by atoms with van der Waals surface area (Å²) in [5.41, 5.74) is 4.52. The predicted molar refractivity (Wildman–Crippen MR) is 99.6 cm³/mol. The summed E-state index contributed by atoms with van der Waals surface area (Å²) in [5, 5.41) is 18.1. The van der Waals surface area contributed by atoms with Crippen LogP contribution >= 0.6 is 0 Å². The quantitative estimate of drug-likeness (QED) is 0.693. The van der Waals surface area contributed by atoms with Gasteiger partial charge in [0.1, 0.15) is 0 Å². The highest BCUT2D eigenvalue weighted by Gasteiger charge is 2.16. The van der Waals surface area contributed by atoms with Gasteiger partial charge in [0, 0.05) is 25.0 Å². The second-order valence-electron chi connectivity index (χ2n) is 6.90. The summed E-state index contributed by atoms with van der Waals surface area (Å²) in [7, 11) is 0. The molecule has 1 aromatic carbocycles. The van der Waals surface area contributed by atoms with Gasteiger partial charge in [-0.1, -0.05) is 0 Å². The first kappa shape index (κ1) is 17.6. The zero-order valence-electron chi connectivity index (χ0n) is 15.3. The third-order valence-electron chi connectivity index (χ3n) is 4.99. The van der Waals surface area contributed by atoms with Crippen LogP contribution in [0.3, 0.4) is 0 Å². The average Bonchev–Trinajstić information content (AvgIpc) is 3.24. The summed E-state index contributed by atoms with van der Waals surface area (Å²) in [6, 6.07) is 6.59. The third kappa shape index (κ3) is 3.91. The second-order valence-corrected chi connectivity index (χ2v) is 6.90. The molecule has 6 heteroatoms. The Bertz CT molecular complexity index is 824. The molecule has 0 saturated carbocycles. The highest BCUT2D eigenvalue weighted by Crippen LogP contribution is 2.18. The molecule has 2 aromatic heterocycles. The van der Waals surface area contributed by atoms with E-state index in [2.05, 4.69) is 55.2 Å². The van der Waals surface area contributed by atoms with E-state index in [-0.39, 0.29) is 12.1 Å². The predicted octanol–water partition coefficient (Wildman–Crippen LogP) is 2.45. The van der Waals surface area contributed by atoms with Crippen LogP contribution in [0.1, 0.15) is 31.0 Å². The molecule has 0 saturated heterocycles. The van der Waals surface area contributed by atoms with E-state index in [4.69, 9.17) is 0 Å². The number of benzene rings is 1. The van der Waals surface area contributed by atoms with Gasteiger partial charge in [-0.15, -0.1) is 0 Å². The van der Waals surface area contributed by atoms with Gasteiger partial charge in [-0.3, -0.25) is 4.68 Å². The number of nitrogens with zero attached hydrogens (tertiary/aromatic N) is 4. The Labute approximate surface area is 148 Å². The lowest BCUT2D eigenvalue weighted by molar-refractivity contribution is 0.145.